The van der Waals surface area contributed by atoms with Crippen LogP contribution in [0.1, 0.15) is 42.5 Å². The summed E-state index contributed by atoms with van der Waals surface area (Å²) >= 11 is 0. The molecule has 0 unspecified atom stereocenters. The number of fused-ring (bicyclic) bond motifs is 1. The van der Waals surface area contributed by atoms with Gasteiger partial charge in [0.15, 0.2) is 0 Å². The van der Waals surface area contributed by atoms with Crippen molar-refractivity contribution in [1.82, 2.24) is 4.72 Å². The van der Waals surface area contributed by atoms with E-state index in [-0.39, 0.29) is 10.5 Å². The summed E-state index contributed by atoms with van der Waals surface area (Å²) in [4.78, 5) is 3.04. The van der Waals surface area contributed by atoms with E-state index < -0.39 is 28.7 Å². The van der Waals surface area contributed by atoms with Crippen molar-refractivity contribution in [2.75, 3.05) is 6.54 Å². The van der Waals surface area contributed by atoms with E-state index in [1.165, 1.54) is 0 Å². The number of nitrogens with zero attached hydrogens (tertiary/aromatic N) is 1. The van der Waals surface area contributed by atoms with Crippen molar-refractivity contribution >= 4 is 16.0 Å². The number of sulfonamides is 1. The fourth-order valence-corrected chi connectivity index (χ4v) is 4.67. The number of halogens is 3. The average Bonchev–Trinajstić information content (AvgIpc) is 2.48. The molecule has 6 nitrogen and oxygen atoms in total. The molecule has 2 rings (SSSR count). The van der Waals surface area contributed by atoms with Gasteiger partial charge in [-0.1, -0.05) is 0 Å². The van der Waals surface area contributed by atoms with Crippen LogP contribution in [0.15, 0.2) is 9.89 Å². The van der Waals surface area contributed by atoms with Crippen LogP contribution >= 0.6 is 0 Å². The lowest BCUT2D eigenvalue weighted by molar-refractivity contribution is -0.118. The third-order valence-electron chi connectivity index (χ3n) is 4.60. The van der Waals surface area contributed by atoms with Crippen LogP contribution in [0.4, 0.5) is 13.2 Å². The summed E-state index contributed by atoms with van der Waals surface area (Å²) < 4.78 is 70.3. The van der Waals surface area contributed by atoms with E-state index in [2.05, 4.69) is 4.99 Å². The molecule has 0 saturated carbocycles. The van der Waals surface area contributed by atoms with E-state index in [1.54, 1.807) is 20.8 Å². The monoisotopic (exact) mass is 407 g/mol. The molecule has 3 N–H and O–H groups in total. The van der Waals surface area contributed by atoms with Crippen LogP contribution in [0.5, 0.6) is 5.75 Å². The van der Waals surface area contributed by atoms with E-state index in [0.717, 1.165) is 5.56 Å². The number of alkyl halides is 3. The Labute approximate surface area is 157 Å². The van der Waals surface area contributed by atoms with Gasteiger partial charge in [-0.15, -0.1) is 0 Å². The Bertz CT molecular complexity index is 891. The van der Waals surface area contributed by atoms with E-state index >= 15 is 0 Å². The Morgan fingerprint density at radius 3 is 2.37 bits per heavy atom. The molecular weight excluding hydrogens is 383 g/mol. The summed E-state index contributed by atoms with van der Waals surface area (Å²) in [6.45, 7) is 7.41. The number of ether oxygens (including phenoxy) is 1. The smallest absolute Gasteiger partial charge is 0.408 e. The highest BCUT2D eigenvalue weighted by molar-refractivity contribution is 7.90. The lowest BCUT2D eigenvalue weighted by Gasteiger charge is -2.35. The zero-order chi connectivity index (χ0) is 20.8. The number of rotatable bonds is 3. The molecular formula is C17H24F3N3O3S. The summed E-state index contributed by atoms with van der Waals surface area (Å²) in [5, 5.41) is 0. The number of hydrogen-bond donors (Lipinski definition) is 2. The van der Waals surface area contributed by atoms with Gasteiger partial charge in [-0.25, -0.2) is 18.1 Å². The van der Waals surface area contributed by atoms with Crippen molar-refractivity contribution in [3.8, 4) is 5.75 Å². The SMILES string of the molecule is Cc1c(C)c(S(=O)(=O)NC(N)=NCC(F)(F)F)c(C)c2c1OC(C)(C)CC2. The number of aliphatic imine (C=N–C) groups is 1. The third kappa shape index (κ3) is 4.66. The van der Waals surface area contributed by atoms with Crippen molar-refractivity contribution < 1.29 is 26.3 Å². The van der Waals surface area contributed by atoms with Crippen LogP contribution in [-0.2, 0) is 16.4 Å². The van der Waals surface area contributed by atoms with Crippen molar-refractivity contribution in [3.63, 3.8) is 0 Å². The minimum atomic E-state index is -4.57. The number of nitrogens with two attached hydrogens (primary N) is 1. The second kappa shape index (κ2) is 6.88. The summed E-state index contributed by atoms with van der Waals surface area (Å²) in [7, 11) is -4.20. The Hall–Kier alpha value is -1.97. The van der Waals surface area contributed by atoms with Gasteiger partial charge in [0.05, 0.1) is 4.90 Å². The van der Waals surface area contributed by atoms with E-state index in [0.29, 0.717) is 35.3 Å². The molecule has 0 aromatic heterocycles. The highest BCUT2D eigenvalue weighted by Gasteiger charge is 2.34. The van der Waals surface area contributed by atoms with E-state index in [4.69, 9.17) is 10.5 Å². The maximum Gasteiger partial charge on any atom is 0.408 e. The van der Waals surface area contributed by atoms with Crippen molar-refractivity contribution in [2.24, 2.45) is 10.7 Å². The highest BCUT2D eigenvalue weighted by Crippen LogP contribution is 2.42. The molecule has 0 fully saturated rings. The van der Waals surface area contributed by atoms with Crippen LogP contribution in [0.3, 0.4) is 0 Å². The Kier molecular flexibility index (Phi) is 5.44. The van der Waals surface area contributed by atoms with Crippen molar-refractivity contribution in [2.45, 2.75) is 64.1 Å². The Balaban J connectivity index is 2.48. The fourth-order valence-electron chi connectivity index (χ4n) is 3.15. The molecule has 10 heteroatoms. The predicted octanol–water partition coefficient (Wildman–Crippen LogP) is 2.87. The first kappa shape index (κ1) is 21.3. The van der Waals surface area contributed by atoms with Gasteiger partial charge in [0, 0.05) is 0 Å². The summed E-state index contributed by atoms with van der Waals surface area (Å²) in [6, 6.07) is 0. The molecule has 0 radical (unpaired) electrons. The number of benzene rings is 1. The van der Waals surface area contributed by atoms with Crippen LogP contribution in [0.2, 0.25) is 0 Å². The quantitative estimate of drug-likeness (QED) is 0.595. The first-order chi connectivity index (χ1) is 12.1. The average molecular weight is 407 g/mol. The molecule has 0 aliphatic carbocycles. The van der Waals surface area contributed by atoms with Crippen molar-refractivity contribution in [1.29, 1.82) is 0 Å². The Morgan fingerprint density at radius 1 is 1.22 bits per heavy atom. The summed E-state index contributed by atoms with van der Waals surface area (Å²) in [5.74, 6) is -0.141. The molecule has 0 bridgehead atoms. The Morgan fingerprint density at radius 2 is 1.81 bits per heavy atom. The molecule has 1 aromatic carbocycles. The zero-order valence-corrected chi connectivity index (χ0v) is 16.7. The lowest BCUT2D eigenvalue weighted by Crippen LogP contribution is -2.39. The first-order valence-electron chi connectivity index (χ1n) is 8.36. The first-order valence-corrected chi connectivity index (χ1v) is 9.84. The van der Waals surface area contributed by atoms with E-state index in [1.807, 2.05) is 18.6 Å². The maximum absolute atomic E-state index is 12.8. The number of guanidine groups is 1. The molecule has 0 atom stereocenters. The van der Waals surface area contributed by atoms with Crippen LogP contribution in [-0.4, -0.2) is 32.7 Å². The molecule has 1 aromatic rings. The second-order valence-electron chi connectivity index (χ2n) is 7.30. The molecule has 1 aliphatic heterocycles. The van der Waals surface area contributed by atoms with Gasteiger partial charge < -0.3 is 10.5 Å². The topological polar surface area (TPSA) is 93.8 Å². The van der Waals surface area contributed by atoms with Gasteiger partial charge in [0.1, 0.15) is 17.9 Å². The van der Waals surface area contributed by atoms with Crippen LogP contribution < -0.4 is 15.2 Å². The minimum absolute atomic E-state index is 0.00721. The summed E-state index contributed by atoms with van der Waals surface area (Å²) in [5.41, 5.74) is 7.41. The normalized spacial score (nSPS) is 17.3. The largest absolute Gasteiger partial charge is 0.487 e. The van der Waals surface area contributed by atoms with E-state index in [9.17, 15) is 21.6 Å². The second-order valence-corrected chi connectivity index (χ2v) is 8.91. The molecule has 0 amide bonds. The molecule has 0 saturated heterocycles. The van der Waals surface area contributed by atoms with Gasteiger partial charge >= 0.3 is 6.18 Å². The number of hydrogen-bond acceptors (Lipinski definition) is 4. The van der Waals surface area contributed by atoms with Gasteiger partial charge in [0.2, 0.25) is 5.96 Å². The third-order valence-corrected chi connectivity index (χ3v) is 6.23. The molecule has 0 spiro atoms. The molecule has 152 valence electrons. The molecule has 1 heterocycles. The predicted molar refractivity (Wildman–Crippen MR) is 96.5 cm³/mol. The number of nitrogens with one attached hydrogen (secondary N) is 1. The van der Waals surface area contributed by atoms with Gasteiger partial charge in [-0.05, 0) is 69.7 Å². The van der Waals surface area contributed by atoms with Crippen molar-refractivity contribution in [3.05, 3.63) is 22.3 Å². The van der Waals surface area contributed by atoms with Crippen LogP contribution in [0.25, 0.3) is 0 Å². The molecule has 27 heavy (non-hydrogen) atoms. The van der Waals surface area contributed by atoms with Crippen LogP contribution in [0, 0.1) is 20.8 Å². The lowest BCUT2D eigenvalue weighted by atomic mass is 9.88. The zero-order valence-electron chi connectivity index (χ0n) is 15.9. The van der Waals surface area contributed by atoms with Gasteiger partial charge in [-0.2, -0.15) is 13.2 Å². The maximum atomic E-state index is 12.8. The standard InChI is InChI=1S/C17H24F3N3O3S/c1-9-10(2)14(11(3)12-6-7-16(4,5)26-13(9)12)27(24,25)23-15(21)22-8-17(18,19)20/h6-8H2,1-5H3,(H3,21,22,23). The fraction of sp³-hybridized carbons (Fsp3) is 0.588. The highest BCUT2D eigenvalue weighted by atomic mass is 32.2. The summed E-state index contributed by atoms with van der Waals surface area (Å²) in [6.07, 6.45) is -3.23. The minimum Gasteiger partial charge on any atom is -0.487 e. The molecule has 1 aliphatic rings. The van der Waals surface area contributed by atoms with Gasteiger partial charge in [-0.3, -0.25) is 0 Å². The van der Waals surface area contributed by atoms with Gasteiger partial charge in [0.25, 0.3) is 10.0 Å².